The zero-order valence-electron chi connectivity index (χ0n) is 9.52. The fraction of sp³-hybridized carbons (Fsp3) is 0.167. The molecule has 0 aromatic carbocycles. The zero-order chi connectivity index (χ0) is 12.8. The summed E-state index contributed by atoms with van der Waals surface area (Å²) < 4.78 is 17.8. The second-order valence-electron chi connectivity index (χ2n) is 3.56. The lowest BCUT2D eigenvalue weighted by Crippen LogP contribution is -2.29. The van der Waals surface area contributed by atoms with Crippen LogP contribution in [0.3, 0.4) is 0 Å². The quantitative estimate of drug-likeness (QED) is 0.789. The maximum Gasteiger partial charge on any atom is 0.239 e. The highest BCUT2D eigenvalue weighted by molar-refractivity contribution is 5.80. The molecule has 0 aliphatic heterocycles. The van der Waals surface area contributed by atoms with Gasteiger partial charge in [-0.3, -0.25) is 4.79 Å². The van der Waals surface area contributed by atoms with Crippen LogP contribution in [0.5, 0.6) is 0 Å². The van der Waals surface area contributed by atoms with Crippen molar-refractivity contribution in [3.05, 3.63) is 48.3 Å². The molecule has 0 atom stereocenters. The van der Waals surface area contributed by atoms with Crippen LogP contribution < -0.4 is 10.6 Å². The topological polar surface area (TPSA) is 67.2 Å². The largest absolute Gasteiger partial charge is 0.467 e. The second-order valence-corrected chi connectivity index (χ2v) is 3.56. The molecule has 0 spiro atoms. The van der Waals surface area contributed by atoms with Gasteiger partial charge in [0.05, 0.1) is 19.4 Å². The van der Waals surface area contributed by atoms with Crippen molar-refractivity contribution < 1.29 is 13.6 Å². The van der Waals surface area contributed by atoms with Crippen LogP contribution >= 0.6 is 0 Å². The lowest BCUT2D eigenvalue weighted by atomic mass is 10.4. The molecule has 18 heavy (non-hydrogen) atoms. The average molecular weight is 249 g/mol. The van der Waals surface area contributed by atoms with Gasteiger partial charge in [0.2, 0.25) is 11.9 Å². The summed E-state index contributed by atoms with van der Waals surface area (Å²) >= 11 is 0. The fourth-order valence-electron chi connectivity index (χ4n) is 1.34. The number of aromatic nitrogens is 1. The molecule has 0 radical (unpaired) electrons. The Bertz CT molecular complexity index is 514. The Hall–Kier alpha value is -2.37. The number of anilines is 1. The molecule has 0 bridgehead atoms. The molecule has 2 rings (SSSR count). The van der Waals surface area contributed by atoms with Gasteiger partial charge in [-0.15, -0.1) is 0 Å². The molecule has 1 amide bonds. The van der Waals surface area contributed by atoms with E-state index in [1.807, 2.05) is 0 Å². The lowest BCUT2D eigenvalue weighted by Gasteiger charge is -2.05. The van der Waals surface area contributed by atoms with Crippen molar-refractivity contribution in [2.24, 2.45) is 0 Å². The Morgan fingerprint density at radius 2 is 2.22 bits per heavy atom. The summed E-state index contributed by atoms with van der Waals surface area (Å²) in [6.45, 7) is 0.348. The molecule has 0 fully saturated rings. The Labute approximate surface area is 103 Å². The van der Waals surface area contributed by atoms with Crippen LogP contribution in [0, 0.1) is 5.95 Å². The van der Waals surface area contributed by atoms with E-state index in [4.69, 9.17) is 4.42 Å². The van der Waals surface area contributed by atoms with Gasteiger partial charge in [-0.25, -0.2) is 4.98 Å². The first-order chi connectivity index (χ1) is 8.74. The number of amides is 1. The van der Waals surface area contributed by atoms with E-state index in [1.165, 1.54) is 18.4 Å². The van der Waals surface area contributed by atoms with E-state index >= 15 is 0 Å². The molecule has 0 saturated carbocycles. The molecule has 2 heterocycles. The van der Waals surface area contributed by atoms with Crippen molar-refractivity contribution in [3.63, 3.8) is 0 Å². The van der Waals surface area contributed by atoms with E-state index in [-0.39, 0.29) is 12.5 Å². The van der Waals surface area contributed by atoms with E-state index in [2.05, 4.69) is 15.6 Å². The normalized spacial score (nSPS) is 10.1. The molecule has 0 aliphatic rings. The van der Waals surface area contributed by atoms with Gasteiger partial charge in [-0.05, 0) is 24.3 Å². The number of carbonyl (C=O) groups is 1. The molecule has 2 aromatic rings. The summed E-state index contributed by atoms with van der Waals surface area (Å²) in [7, 11) is 0. The van der Waals surface area contributed by atoms with Crippen molar-refractivity contribution >= 4 is 11.7 Å². The number of nitrogens with one attached hydrogen (secondary N) is 2. The maximum absolute atomic E-state index is 12.8. The van der Waals surface area contributed by atoms with Crippen molar-refractivity contribution in [3.8, 4) is 0 Å². The third-order valence-electron chi connectivity index (χ3n) is 2.19. The summed E-state index contributed by atoms with van der Waals surface area (Å²) in [5, 5.41) is 5.37. The van der Waals surface area contributed by atoms with E-state index in [1.54, 1.807) is 18.2 Å². The molecule has 2 N–H and O–H groups in total. The number of nitrogens with zero attached hydrogens (tertiary/aromatic N) is 1. The van der Waals surface area contributed by atoms with E-state index in [0.29, 0.717) is 18.1 Å². The smallest absolute Gasteiger partial charge is 0.239 e. The van der Waals surface area contributed by atoms with Gasteiger partial charge in [0.1, 0.15) is 11.6 Å². The van der Waals surface area contributed by atoms with Crippen molar-refractivity contribution in [1.29, 1.82) is 0 Å². The standard InChI is InChI=1S/C12H12FN3O2/c13-10-4-1-5-11(16-10)14-8-12(17)15-7-9-3-2-6-18-9/h1-6H,7-8H2,(H,14,16)(H,15,17). The Morgan fingerprint density at radius 3 is 2.94 bits per heavy atom. The molecule has 2 aromatic heterocycles. The van der Waals surface area contributed by atoms with Gasteiger partial charge in [-0.1, -0.05) is 6.07 Å². The monoisotopic (exact) mass is 249 g/mol. The van der Waals surface area contributed by atoms with Gasteiger partial charge < -0.3 is 15.1 Å². The van der Waals surface area contributed by atoms with Crippen LogP contribution in [0.2, 0.25) is 0 Å². The van der Waals surface area contributed by atoms with Crippen molar-refractivity contribution in [2.45, 2.75) is 6.54 Å². The minimum Gasteiger partial charge on any atom is -0.467 e. The molecule has 0 saturated heterocycles. The number of carbonyl (C=O) groups excluding carboxylic acids is 1. The average Bonchev–Trinajstić information content (AvgIpc) is 2.87. The second kappa shape index (κ2) is 5.81. The highest BCUT2D eigenvalue weighted by Gasteiger charge is 2.03. The van der Waals surface area contributed by atoms with Crippen molar-refractivity contribution in [2.75, 3.05) is 11.9 Å². The zero-order valence-corrected chi connectivity index (χ0v) is 9.52. The Kier molecular flexibility index (Phi) is 3.90. The first kappa shape index (κ1) is 12.1. The van der Waals surface area contributed by atoms with Gasteiger partial charge in [0.25, 0.3) is 0 Å². The summed E-state index contributed by atoms with van der Waals surface area (Å²) in [5.74, 6) is 0.184. The van der Waals surface area contributed by atoms with E-state index in [0.717, 1.165) is 0 Å². The number of furan rings is 1. The van der Waals surface area contributed by atoms with Gasteiger partial charge in [-0.2, -0.15) is 4.39 Å². The van der Waals surface area contributed by atoms with Crippen LogP contribution in [0.25, 0.3) is 0 Å². The highest BCUT2D eigenvalue weighted by atomic mass is 19.1. The molecular weight excluding hydrogens is 237 g/mol. The van der Waals surface area contributed by atoms with Crippen LogP contribution in [0.15, 0.2) is 41.0 Å². The first-order valence-electron chi connectivity index (χ1n) is 5.39. The molecule has 94 valence electrons. The summed E-state index contributed by atoms with van der Waals surface area (Å²) in [6, 6.07) is 7.86. The molecule has 0 unspecified atom stereocenters. The predicted octanol–water partition coefficient (Wildman–Crippen LogP) is 1.54. The summed E-state index contributed by atoms with van der Waals surface area (Å²) in [5.41, 5.74) is 0. The SMILES string of the molecule is O=C(CNc1cccc(F)n1)NCc1ccco1. The Balaban J connectivity index is 1.75. The molecule has 0 aliphatic carbocycles. The van der Waals surface area contributed by atoms with Crippen LogP contribution in [-0.2, 0) is 11.3 Å². The first-order valence-corrected chi connectivity index (χ1v) is 5.39. The van der Waals surface area contributed by atoms with Crippen LogP contribution in [0.4, 0.5) is 10.2 Å². The lowest BCUT2D eigenvalue weighted by molar-refractivity contribution is -0.119. The number of hydrogen-bond acceptors (Lipinski definition) is 4. The van der Waals surface area contributed by atoms with Crippen molar-refractivity contribution in [1.82, 2.24) is 10.3 Å². The van der Waals surface area contributed by atoms with Gasteiger partial charge in [0, 0.05) is 0 Å². The number of rotatable bonds is 5. The van der Waals surface area contributed by atoms with Crippen LogP contribution in [-0.4, -0.2) is 17.4 Å². The highest BCUT2D eigenvalue weighted by Crippen LogP contribution is 2.02. The Morgan fingerprint density at radius 1 is 1.33 bits per heavy atom. The number of pyridine rings is 1. The number of halogens is 1. The minimum atomic E-state index is -0.587. The number of hydrogen-bond donors (Lipinski definition) is 2. The summed E-state index contributed by atoms with van der Waals surface area (Å²) in [4.78, 5) is 15.0. The predicted molar refractivity (Wildman–Crippen MR) is 63.2 cm³/mol. The van der Waals surface area contributed by atoms with E-state index < -0.39 is 5.95 Å². The van der Waals surface area contributed by atoms with Crippen LogP contribution in [0.1, 0.15) is 5.76 Å². The van der Waals surface area contributed by atoms with E-state index in [9.17, 15) is 9.18 Å². The minimum absolute atomic E-state index is 0.0250. The third kappa shape index (κ3) is 3.58. The molecular formula is C12H12FN3O2. The fourth-order valence-corrected chi connectivity index (χ4v) is 1.34. The molecule has 5 nitrogen and oxygen atoms in total. The maximum atomic E-state index is 12.8. The van der Waals surface area contributed by atoms with Gasteiger partial charge in [0.15, 0.2) is 0 Å². The molecule has 6 heteroatoms. The summed E-state index contributed by atoms with van der Waals surface area (Å²) in [6.07, 6.45) is 1.54. The van der Waals surface area contributed by atoms with Gasteiger partial charge >= 0.3 is 0 Å². The third-order valence-corrected chi connectivity index (χ3v) is 2.19.